The lowest BCUT2D eigenvalue weighted by Gasteiger charge is -2.35. The number of carbonyl (C=O) groups is 2. The van der Waals surface area contributed by atoms with Crippen molar-refractivity contribution in [3.8, 4) is 5.75 Å². The number of likely N-dealkylation sites (tertiary alicyclic amines) is 1. The van der Waals surface area contributed by atoms with E-state index in [1.165, 1.54) is 25.2 Å². The molecule has 4 heterocycles. The highest BCUT2D eigenvalue weighted by Crippen LogP contribution is 2.46. The van der Waals surface area contributed by atoms with E-state index in [1.54, 1.807) is 53.3 Å². The molecule has 0 saturated carbocycles. The summed E-state index contributed by atoms with van der Waals surface area (Å²) in [6.07, 6.45) is -2.42. The summed E-state index contributed by atoms with van der Waals surface area (Å²) in [6, 6.07) is 12.2. The van der Waals surface area contributed by atoms with E-state index in [0.717, 1.165) is 12.1 Å². The zero-order chi connectivity index (χ0) is 35.8. The maximum Gasteiger partial charge on any atom is 0.416 e. The minimum Gasteiger partial charge on any atom is -0.497 e. The molecule has 2 aromatic carbocycles. The Hall–Kier alpha value is -4.46. The Kier molecular flexibility index (Phi) is 9.93. The summed E-state index contributed by atoms with van der Waals surface area (Å²) in [4.78, 5) is 39.8. The van der Waals surface area contributed by atoms with Crippen LogP contribution in [0, 0.1) is 18.8 Å². The van der Waals surface area contributed by atoms with Crippen LogP contribution in [0.4, 0.5) is 29.1 Å². The summed E-state index contributed by atoms with van der Waals surface area (Å²) in [5, 5.41) is 9.50. The summed E-state index contributed by atoms with van der Waals surface area (Å²) in [7, 11) is 3.05. The van der Waals surface area contributed by atoms with E-state index in [2.05, 4.69) is 9.97 Å². The number of aromatic nitrogens is 2. The third-order valence-corrected chi connectivity index (χ3v) is 10.4. The van der Waals surface area contributed by atoms with Gasteiger partial charge >= 0.3 is 12.1 Å². The second-order valence-electron chi connectivity index (χ2n) is 13.4. The number of anilines is 2. The smallest absolute Gasteiger partial charge is 0.416 e. The quantitative estimate of drug-likeness (QED) is 0.297. The summed E-state index contributed by atoms with van der Waals surface area (Å²) in [6.45, 7) is 2.62. The maximum absolute atomic E-state index is 17.7. The van der Waals surface area contributed by atoms with E-state index in [4.69, 9.17) is 9.47 Å². The van der Waals surface area contributed by atoms with Gasteiger partial charge in [-0.2, -0.15) is 13.2 Å². The molecule has 0 spiro atoms. The molecule has 3 aliphatic rings. The van der Waals surface area contributed by atoms with Crippen LogP contribution in [-0.4, -0.2) is 97.6 Å². The number of methoxy groups -OCH3 is 2. The molecule has 50 heavy (non-hydrogen) atoms. The number of ether oxygens (including phenoxy) is 2. The van der Waals surface area contributed by atoms with Gasteiger partial charge in [0.25, 0.3) is 5.91 Å². The Morgan fingerprint density at radius 1 is 1.00 bits per heavy atom. The first kappa shape index (κ1) is 35.4. The largest absolute Gasteiger partial charge is 0.497 e. The van der Waals surface area contributed by atoms with Crippen LogP contribution < -0.4 is 14.5 Å². The minimum absolute atomic E-state index is 0.0738. The molecule has 3 aromatic rings. The fourth-order valence-electron chi connectivity index (χ4n) is 7.74. The van der Waals surface area contributed by atoms with E-state index < -0.39 is 47.0 Å². The first-order valence-corrected chi connectivity index (χ1v) is 16.7. The molecule has 3 aliphatic heterocycles. The van der Waals surface area contributed by atoms with Crippen molar-refractivity contribution in [1.29, 1.82) is 0 Å². The molecule has 0 radical (unpaired) electrons. The predicted molar refractivity (Wildman–Crippen MR) is 177 cm³/mol. The molecule has 1 aromatic heterocycles. The van der Waals surface area contributed by atoms with Crippen molar-refractivity contribution in [1.82, 2.24) is 14.9 Å². The molecular formula is C36H41F4N5O5. The van der Waals surface area contributed by atoms with Crippen molar-refractivity contribution >= 4 is 23.4 Å². The number of benzene rings is 2. The van der Waals surface area contributed by atoms with Crippen LogP contribution in [0.25, 0.3) is 0 Å². The summed E-state index contributed by atoms with van der Waals surface area (Å²) >= 11 is 0. The number of hydrogen-bond donors (Lipinski definition) is 1. The molecule has 0 bridgehead atoms. The highest BCUT2D eigenvalue weighted by atomic mass is 19.4. The van der Waals surface area contributed by atoms with Crippen molar-refractivity contribution < 1.29 is 41.7 Å². The van der Waals surface area contributed by atoms with Gasteiger partial charge in [0.2, 0.25) is 5.67 Å². The Bertz CT molecular complexity index is 1700. The van der Waals surface area contributed by atoms with Crippen molar-refractivity contribution in [3.63, 3.8) is 0 Å². The first-order valence-electron chi connectivity index (χ1n) is 16.7. The lowest BCUT2D eigenvalue weighted by atomic mass is 9.85. The lowest BCUT2D eigenvalue weighted by molar-refractivity contribution is -0.143. The zero-order valence-corrected chi connectivity index (χ0v) is 28.2. The van der Waals surface area contributed by atoms with Crippen LogP contribution in [0.1, 0.15) is 47.2 Å². The van der Waals surface area contributed by atoms with Crippen LogP contribution in [0.2, 0.25) is 0 Å². The van der Waals surface area contributed by atoms with Gasteiger partial charge in [-0.25, -0.2) is 14.4 Å². The van der Waals surface area contributed by atoms with E-state index in [9.17, 15) is 27.9 Å². The molecule has 4 atom stereocenters. The second kappa shape index (κ2) is 14.0. The predicted octanol–water partition coefficient (Wildman–Crippen LogP) is 5.31. The third kappa shape index (κ3) is 6.94. The number of carboxylic acids is 1. The molecule has 0 aliphatic carbocycles. The van der Waals surface area contributed by atoms with Gasteiger partial charge in [-0.1, -0.05) is 18.2 Å². The second-order valence-corrected chi connectivity index (χ2v) is 13.4. The number of piperidine rings is 1. The Morgan fingerprint density at radius 2 is 1.72 bits per heavy atom. The highest BCUT2D eigenvalue weighted by molar-refractivity contribution is 5.89. The minimum atomic E-state index is -4.59. The van der Waals surface area contributed by atoms with E-state index in [0.29, 0.717) is 47.0 Å². The summed E-state index contributed by atoms with van der Waals surface area (Å²) in [5.41, 5.74) is -1.62. The van der Waals surface area contributed by atoms with Gasteiger partial charge in [-0.15, -0.1) is 0 Å². The first-order chi connectivity index (χ1) is 23.8. The molecule has 3 fully saturated rings. The van der Waals surface area contributed by atoms with E-state index in [-0.39, 0.29) is 51.8 Å². The van der Waals surface area contributed by atoms with Gasteiger partial charge in [0, 0.05) is 69.5 Å². The highest BCUT2D eigenvalue weighted by Gasteiger charge is 2.57. The van der Waals surface area contributed by atoms with Gasteiger partial charge in [-0.05, 0) is 61.2 Å². The average molecular weight is 700 g/mol. The van der Waals surface area contributed by atoms with E-state index >= 15 is 4.39 Å². The van der Waals surface area contributed by atoms with Crippen LogP contribution in [0.15, 0.2) is 54.7 Å². The van der Waals surface area contributed by atoms with Crippen molar-refractivity contribution in [3.05, 3.63) is 77.2 Å². The molecule has 0 unspecified atom stereocenters. The number of nitrogens with zero attached hydrogens (tertiary/aromatic N) is 5. The van der Waals surface area contributed by atoms with Gasteiger partial charge in [0.1, 0.15) is 17.4 Å². The number of aliphatic carboxylic acids is 1. The number of carbonyl (C=O) groups excluding carboxylic acids is 1. The standard InChI is InChI=1S/C36H41F4N5O5/c1-22-41-13-10-32(42-22)45-19-30(23-4-7-27(50-3)8-5-23)35(37,21-45)34(48)44-17-25(20-49-2)29(18-44)28-9-6-26(36(38,39)40)16-31(28)43-14-11-24(12-15-43)33(46)47/h4-10,13,16,24-25,29-30H,11-12,14-15,17-21H2,1-3H3,(H,46,47)/t25-,29+,30+,35+/m1/s1. The maximum atomic E-state index is 17.7. The van der Waals surface area contributed by atoms with Crippen LogP contribution in [0.5, 0.6) is 5.75 Å². The number of rotatable bonds is 9. The normalized spacial score (nSPS) is 24.5. The lowest BCUT2D eigenvalue weighted by Crippen LogP contribution is -2.50. The fourth-order valence-corrected chi connectivity index (χ4v) is 7.74. The molecule has 3 saturated heterocycles. The molecule has 268 valence electrons. The molecule has 1 amide bonds. The van der Waals surface area contributed by atoms with Gasteiger partial charge in [0.15, 0.2) is 0 Å². The molecule has 14 heteroatoms. The van der Waals surface area contributed by atoms with Gasteiger partial charge < -0.3 is 29.3 Å². The topological polar surface area (TPSA) is 108 Å². The monoisotopic (exact) mass is 699 g/mol. The number of hydrogen-bond acceptors (Lipinski definition) is 8. The third-order valence-electron chi connectivity index (χ3n) is 10.4. The molecule has 1 N–H and O–H groups in total. The van der Waals surface area contributed by atoms with Crippen LogP contribution >= 0.6 is 0 Å². The Labute approximate surface area is 288 Å². The Morgan fingerprint density at radius 3 is 2.34 bits per heavy atom. The van der Waals surface area contributed by atoms with Crippen LogP contribution in [0.3, 0.4) is 0 Å². The van der Waals surface area contributed by atoms with Crippen molar-refractivity contribution in [2.24, 2.45) is 11.8 Å². The molecule has 6 rings (SSSR count). The number of aryl methyl sites for hydroxylation is 1. The number of alkyl halides is 4. The fraction of sp³-hybridized carbons (Fsp3) is 0.500. The average Bonchev–Trinajstić information content (AvgIpc) is 3.69. The Balaban J connectivity index is 1.34. The van der Waals surface area contributed by atoms with Crippen LogP contribution in [-0.2, 0) is 20.5 Å². The number of halogens is 4. The zero-order valence-electron chi connectivity index (χ0n) is 28.2. The van der Waals surface area contributed by atoms with Crippen molar-refractivity contribution in [2.75, 3.05) is 69.9 Å². The number of carboxylic acid groups (broad SMARTS) is 1. The van der Waals surface area contributed by atoms with E-state index in [1.807, 2.05) is 0 Å². The summed E-state index contributed by atoms with van der Waals surface area (Å²) in [5.74, 6) is -2.24. The SMILES string of the molecule is COC[C@H]1CN(C(=O)[C@]2(F)CN(c3ccnc(C)n3)C[C@H]2c2ccc(OC)cc2)C[C@@H]1c1ccc(C(F)(F)F)cc1N1CCC(C(=O)O)CC1. The van der Waals surface area contributed by atoms with Gasteiger partial charge in [-0.3, -0.25) is 9.59 Å². The van der Waals surface area contributed by atoms with Crippen molar-refractivity contribution in [2.45, 2.75) is 43.4 Å². The van der Waals surface area contributed by atoms with Gasteiger partial charge in [0.05, 0.1) is 31.7 Å². The summed E-state index contributed by atoms with van der Waals surface area (Å²) < 4.78 is 70.4. The number of amides is 1. The molecular weight excluding hydrogens is 658 g/mol. The molecule has 10 nitrogen and oxygen atoms in total.